The summed E-state index contributed by atoms with van der Waals surface area (Å²) in [5.41, 5.74) is 0. The minimum Gasteiger partial charge on any atom is -0.0522 e. The van der Waals surface area contributed by atoms with Crippen LogP contribution in [0.25, 0.3) is 0 Å². The van der Waals surface area contributed by atoms with Crippen LogP contribution in [0.5, 0.6) is 0 Å². The van der Waals surface area contributed by atoms with Gasteiger partial charge in [-0.1, -0.05) is 12.8 Å². The van der Waals surface area contributed by atoms with E-state index in [1.807, 2.05) is 11.8 Å². The fourth-order valence-electron chi connectivity index (χ4n) is 2.28. The molecule has 2 aliphatic rings. The summed E-state index contributed by atoms with van der Waals surface area (Å²) in [6, 6.07) is 0. The summed E-state index contributed by atoms with van der Waals surface area (Å²) in [5.74, 6) is 3.74. The molecule has 0 amide bonds. The maximum absolute atomic E-state index is 1.87. The zero-order valence-corrected chi connectivity index (χ0v) is 6.66. The molecule has 0 aromatic carbocycles. The average molecular weight is 136 g/mol. The Labute approximate surface area is 64.0 Å². The first-order valence-electron chi connectivity index (χ1n) is 4.62. The largest absolute Gasteiger partial charge is 0.0522 e. The Morgan fingerprint density at radius 2 is 0.900 bits per heavy atom. The molecule has 0 N–H and O–H groups in total. The molecule has 0 heterocycles. The Morgan fingerprint density at radius 1 is 0.500 bits per heavy atom. The Hall–Kier alpha value is 0. The van der Waals surface area contributed by atoms with E-state index in [2.05, 4.69) is 0 Å². The van der Waals surface area contributed by atoms with Crippen molar-refractivity contribution in [2.24, 2.45) is 0 Å². The van der Waals surface area contributed by atoms with Crippen molar-refractivity contribution < 1.29 is 0 Å². The van der Waals surface area contributed by atoms with E-state index >= 15 is 0 Å². The van der Waals surface area contributed by atoms with Gasteiger partial charge in [-0.2, -0.15) is 0 Å². The van der Waals surface area contributed by atoms with Gasteiger partial charge in [-0.25, -0.2) is 0 Å². The van der Waals surface area contributed by atoms with Crippen LogP contribution in [-0.4, -0.2) is 0 Å². The lowest BCUT2D eigenvalue weighted by molar-refractivity contribution is 0.592. The smallest absolute Gasteiger partial charge is 0.0241 e. The van der Waals surface area contributed by atoms with E-state index in [4.69, 9.17) is 0 Å². The fraction of sp³-hybridized carbons (Fsp3) is 0.800. The van der Waals surface area contributed by atoms with Crippen molar-refractivity contribution in [1.29, 1.82) is 0 Å². The highest BCUT2D eigenvalue weighted by Crippen LogP contribution is 2.39. The lowest BCUT2D eigenvalue weighted by atomic mass is 9.92. The van der Waals surface area contributed by atoms with Crippen LogP contribution < -0.4 is 0 Å². The van der Waals surface area contributed by atoms with E-state index in [1.54, 1.807) is 0 Å². The standard InChI is InChI=1S/C10H16/c1-3-9-5-2-6-10(4-1)8-7-9/h1-8H2. The first kappa shape index (κ1) is 6.69. The zero-order chi connectivity index (χ0) is 6.81. The van der Waals surface area contributed by atoms with Gasteiger partial charge in [-0.15, -0.1) is 0 Å². The number of fused-ring (bicyclic) bond motifs is 3. The van der Waals surface area contributed by atoms with Crippen molar-refractivity contribution >= 4 is 0 Å². The van der Waals surface area contributed by atoms with Crippen LogP contribution in [-0.2, 0) is 0 Å². The first-order chi connectivity index (χ1) is 4.95. The SMILES string of the molecule is C1C[C]2CCC[C](C1)CC2. The van der Waals surface area contributed by atoms with Crippen molar-refractivity contribution in [2.45, 2.75) is 51.4 Å². The third kappa shape index (κ3) is 1.36. The Balaban J connectivity index is 2.01. The van der Waals surface area contributed by atoms with Gasteiger partial charge in [0, 0.05) is 0 Å². The summed E-state index contributed by atoms with van der Waals surface area (Å²) >= 11 is 0. The van der Waals surface area contributed by atoms with Crippen molar-refractivity contribution in [3.63, 3.8) is 0 Å². The van der Waals surface area contributed by atoms with E-state index in [9.17, 15) is 0 Å². The minimum atomic E-state index is 1.44. The van der Waals surface area contributed by atoms with Crippen molar-refractivity contribution in [1.82, 2.24) is 0 Å². The van der Waals surface area contributed by atoms with Gasteiger partial charge >= 0.3 is 0 Å². The Morgan fingerprint density at radius 3 is 1.30 bits per heavy atom. The summed E-state index contributed by atoms with van der Waals surface area (Å²) in [4.78, 5) is 0. The van der Waals surface area contributed by atoms with Crippen LogP contribution in [0, 0.1) is 11.8 Å². The highest BCUT2D eigenvalue weighted by molar-refractivity contribution is 5.04. The minimum absolute atomic E-state index is 1.44. The van der Waals surface area contributed by atoms with E-state index in [1.165, 1.54) is 51.4 Å². The molecule has 10 heavy (non-hydrogen) atoms. The normalized spacial score (nSPS) is 30.0. The van der Waals surface area contributed by atoms with Crippen LogP contribution in [0.15, 0.2) is 0 Å². The van der Waals surface area contributed by atoms with Crippen LogP contribution >= 0.6 is 0 Å². The molecule has 0 nitrogen and oxygen atoms in total. The summed E-state index contributed by atoms with van der Waals surface area (Å²) in [6.45, 7) is 0. The highest BCUT2D eigenvalue weighted by atomic mass is 14.3. The lowest BCUT2D eigenvalue weighted by Crippen LogP contribution is -1.96. The molecule has 56 valence electrons. The molecule has 0 saturated heterocycles. The molecule has 0 aromatic heterocycles. The molecule has 0 aliphatic heterocycles. The monoisotopic (exact) mass is 136 g/mol. The molecule has 2 rings (SSSR count). The van der Waals surface area contributed by atoms with Gasteiger partial charge in [-0.05, 0) is 50.4 Å². The van der Waals surface area contributed by atoms with Crippen LogP contribution in [0.1, 0.15) is 51.4 Å². The van der Waals surface area contributed by atoms with Gasteiger partial charge in [0.25, 0.3) is 0 Å². The fourth-order valence-corrected chi connectivity index (χ4v) is 2.28. The van der Waals surface area contributed by atoms with Gasteiger partial charge in [0.05, 0.1) is 0 Å². The Bertz CT molecular complexity index is 84.6. The van der Waals surface area contributed by atoms with Crippen molar-refractivity contribution in [3.05, 3.63) is 11.8 Å². The predicted molar refractivity (Wildman–Crippen MR) is 43.4 cm³/mol. The molecule has 0 heteroatoms. The lowest BCUT2D eigenvalue weighted by Gasteiger charge is -2.13. The summed E-state index contributed by atoms with van der Waals surface area (Å²) < 4.78 is 0. The molecule has 0 aromatic rings. The number of hydrogen-bond donors (Lipinski definition) is 0. The summed E-state index contributed by atoms with van der Waals surface area (Å²) in [7, 11) is 0. The van der Waals surface area contributed by atoms with Crippen molar-refractivity contribution in [2.75, 3.05) is 0 Å². The number of hydrogen-bond acceptors (Lipinski definition) is 0. The number of rotatable bonds is 0. The maximum atomic E-state index is 1.87. The molecule has 2 aliphatic carbocycles. The average Bonchev–Trinajstić information content (AvgIpc) is 2.17. The quantitative estimate of drug-likeness (QED) is 0.479. The topological polar surface area (TPSA) is 0 Å². The molecular formula is C10H16. The van der Waals surface area contributed by atoms with E-state index in [0.29, 0.717) is 0 Å². The van der Waals surface area contributed by atoms with E-state index in [0.717, 1.165) is 0 Å². The molecule has 2 radical (unpaired) electrons. The predicted octanol–water partition coefficient (Wildman–Crippen LogP) is 3.28. The third-order valence-electron chi connectivity index (χ3n) is 2.95. The first-order valence-corrected chi connectivity index (χ1v) is 4.62. The van der Waals surface area contributed by atoms with Crippen LogP contribution in [0.3, 0.4) is 0 Å². The maximum Gasteiger partial charge on any atom is -0.0241 e. The van der Waals surface area contributed by atoms with Crippen LogP contribution in [0.2, 0.25) is 0 Å². The molecule has 0 unspecified atom stereocenters. The second-order valence-corrected chi connectivity index (χ2v) is 3.71. The molecule has 2 saturated carbocycles. The van der Waals surface area contributed by atoms with Gasteiger partial charge in [0.1, 0.15) is 0 Å². The molecule has 0 spiro atoms. The van der Waals surface area contributed by atoms with E-state index in [-0.39, 0.29) is 0 Å². The van der Waals surface area contributed by atoms with Gasteiger partial charge in [-0.3, -0.25) is 0 Å². The molecular weight excluding hydrogens is 120 g/mol. The third-order valence-corrected chi connectivity index (χ3v) is 2.95. The Kier molecular flexibility index (Phi) is 1.97. The van der Waals surface area contributed by atoms with E-state index < -0.39 is 0 Å². The highest BCUT2D eigenvalue weighted by Gasteiger charge is 2.22. The summed E-state index contributed by atoms with van der Waals surface area (Å²) in [6.07, 6.45) is 11.6. The van der Waals surface area contributed by atoms with Gasteiger partial charge in [0.15, 0.2) is 0 Å². The summed E-state index contributed by atoms with van der Waals surface area (Å²) in [5, 5.41) is 0. The van der Waals surface area contributed by atoms with Gasteiger partial charge < -0.3 is 0 Å². The second-order valence-electron chi connectivity index (χ2n) is 3.71. The van der Waals surface area contributed by atoms with Gasteiger partial charge in [0.2, 0.25) is 0 Å². The van der Waals surface area contributed by atoms with Crippen molar-refractivity contribution in [3.8, 4) is 0 Å². The zero-order valence-electron chi connectivity index (χ0n) is 6.66. The molecule has 0 atom stereocenters. The molecule has 2 bridgehead atoms. The molecule has 2 fully saturated rings. The second kappa shape index (κ2) is 2.94. The van der Waals surface area contributed by atoms with Crippen LogP contribution in [0.4, 0.5) is 0 Å².